The first kappa shape index (κ1) is 51.1. The Labute approximate surface area is 474 Å². The minimum absolute atomic E-state index is 0.0174. The Morgan fingerprint density at radius 2 is 0.643 bits per heavy atom. The van der Waals surface area contributed by atoms with Gasteiger partial charge in [-0.05, 0) is 48.5 Å². The van der Waals surface area contributed by atoms with Crippen LogP contribution in [0.25, 0.3) is 134 Å². The second kappa shape index (κ2) is 20.2. The van der Waals surface area contributed by atoms with Crippen LogP contribution in [0.3, 0.4) is 0 Å². The third kappa shape index (κ3) is 8.93. The van der Waals surface area contributed by atoms with Crippen molar-refractivity contribution in [3.05, 3.63) is 253 Å². The number of para-hydroxylation sites is 2. The molecule has 0 spiro atoms. The highest BCUT2D eigenvalue weighted by molar-refractivity contribution is 6.12. The van der Waals surface area contributed by atoms with E-state index in [2.05, 4.69) is 6.07 Å². The van der Waals surface area contributed by atoms with E-state index in [0.717, 1.165) is 17.2 Å². The van der Waals surface area contributed by atoms with Gasteiger partial charge in [-0.1, -0.05) is 188 Å². The summed E-state index contributed by atoms with van der Waals surface area (Å²) in [6.07, 6.45) is -10.6. The van der Waals surface area contributed by atoms with Crippen molar-refractivity contribution in [3.63, 3.8) is 0 Å². The zero-order chi connectivity index (χ0) is 57.3. The predicted octanol–water partition coefficient (Wildman–Crippen LogP) is 17.8. The lowest BCUT2D eigenvalue weighted by Gasteiger charge is -2.24. The van der Waals surface area contributed by atoms with E-state index in [4.69, 9.17) is 29.9 Å². The van der Waals surface area contributed by atoms with Gasteiger partial charge in [0, 0.05) is 66.1 Å². The Morgan fingerprint density at radius 3 is 1.01 bits per heavy atom. The molecule has 0 bridgehead atoms. The first-order valence-electron chi connectivity index (χ1n) is 26.6. The van der Waals surface area contributed by atoms with Crippen LogP contribution in [0.1, 0.15) is 16.7 Å². The molecule has 84 heavy (non-hydrogen) atoms. The van der Waals surface area contributed by atoms with Gasteiger partial charge in [0.15, 0.2) is 34.9 Å². The van der Waals surface area contributed by atoms with E-state index < -0.39 is 34.6 Å². The molecule has 0 aliphatic carbocycles. The standard InChI is InChI=1S/C69H39F6N9/c70-68(71,72)53-28-17-29-54(69(73,74)75)61(53)52-39-57(83-55-30-15-13-26-48(55)50-34-32-45(36-58(50)83)66-79-62(41-18-5-1-6-19-41)77-63(80-66)42-20-7-2-8-21-42)47(40-76)38-60(52)84-56-31-16-14-27-49(56)51-35-33-46(37-59(51)84)67-81-64(43-22-9-3-10-23-43)78-65(82-67)44-24-11-4-12-25-44/h1-39H. The van der Waals surface area contributed by atoms with Crippen molar-refractivity contribution in [2.24, 2.45) is 0 Å². The lowest BCUT2D eigenvalue weighted by atomic mass is 9.90. The maximum absolute atomic E-state index is 15.8. The Bertz CT molecular complexity index is 4790. The molecule has 0 aliphatic heterocycles. The number of alkyl halides is 6. The molecular weight excluding hydrogens is 1070 g/mol. The maximum Gasteiger partial charge on any atom is 0.417 e. The van der Waals surface area contributed by atoms with Crippen LogP contribution in [0.15, 0.2) is 237 Å². The molecule has 4 aromatic heterocycles. The number of rotatable bonds is 9. The van der Waals surface area contributed by atoms with E-state index in [-0.39, 0.29) is 22.8 Å². The van der Waals surface area contributed by atoms with Crippen molar-refractivity contribution in [2.75, 3.05) is 0 Å². The summed E-state index contributed by atoms with van der Waals surface area (Å²) in [7, 11) is 0. The Morgan fingerprint density at radius 1 is 0.310 bits per heavy atom. The topological polar surface area (TPSA) is 111 Å². The summed E-state index contributed by atoms with van der Waals surface area (Å²) in [6, 6.07) is 69.9. The molecule has 0 amide bonds. The van der Waals surface area contributed by atoms with Crippen molar-refractivity contribution in [2.45, 2.75) is 12.4 Å². The highest BCUT2D eigenvalue weighted by atomic mass is 19.4. The molecule has 0 saturated carbocycles. The summed E-state index contributed by atoms with van der Waals surface area (Å²) in [5.74, 6) is 2.10. The number of nitrogens with zero attached hydrogens (tertiary/aromatic N) is 9. The predicted molar refractivity (Wildman–Crippen MR) is 315 cm³/mol. The number of aromatic nitrogens is 8. The van der Waals surface area contributed by atoms with Crippen LogP contribution < -0.4 is 0 Å². The van der Waals surface area contributed by atoms with Gasteiger partial charge in [-0.25, -0.2) is 29.9 Å². The van der Waals surface area contributed by atoms with Crippen LogP contribution in [-0.4, -0.2) is 39.0 Å². The lowest BCUT2D eigenvalue weighted by Crippen LogP contribution is -2.15. The minimum atomic E-state index is -5.29. The molecule has 14 rings (SSSR count). The van der Waals surface area contributed by atoms with Crippen LogP contribution in [0.5, 0.6) is 0 Å². The smallest absolute Gasteiger partial charge is 0.309 e. The molecule has 0 atom stereocenters. The molecular formula is C69H39F6N9. The number of nitriles is 1. The van der Waals surface area contributed by atoms with E-state index in [1.54, 1.807) is 45.5 Å². The maximum atomic E-state index is 15.8. The van der Waals surface area contributed by atoms with Gasteiger partial charge in [0.25, 0.3) is 0 Å². The van der Waals surface area contributed by atoms with Gasteiger partial charge in [0.2, 0.25) is 0 Å². The van der Waals surface area contributed by atoms with Gasteiger partial charge in [0.05, 0.1) is 50.1 Å². The summed E-state index contributed by atoms with van der Waals surface area (Å²) in [5.41, 5.74) is 0.921. The Kier molecular flexibility index (Phi) is 12.3. The SMILES string of the molecule is N#Cc1cc(-n2c3ccccc3c3ccc(-c4nc(-c5ccccc5)nc(-c5ccccc5)n4)cc32)c(-c2c(C(F)(F)F)cccc2C(F)(F)F)cc1-n1c2ccccc2c2ccc(-c3nc(-c4ccccc4)nc(-c4ccccc4)n3)cc21. The van der Waals surface area contributed by atoms with Crippen LogP contribution in [0.4, 0.5) is 26.3 Å². The number of hydrogen-bond donors (Lipinski definition) is 0. The van der Waals surface area contributed by atoms with Gasteiger partial charge in [-0.15, -0.1) is 0 Å². The van der Waals surface area contributed by atoms with Crippen LogP contribution in [-0.2, 0) is 12.4 Å². The monoisotopic (exact) mass is 1110 g/mol. The van der Waals surface area contributed by atoms with Crippen molar-refractivity contribution in [3.8, 4) is 96.9 Å². The number of halogens is 6. The van der Waals surface area contributed by atoms with Gasteiger partial charge in [0.1, 0.15) is 6.07 Å². The van der Waals surface area contributed by atoms with E-state index in [1.165, 1.54) is 12.1 Å². The van der Waals surface area contributed by atoms with Crippen LogP contribution >= 0.6 is 0 Å². The summed E-state index contributed by atoms with van der Waals surface area (Å²) in [4.78, 5) is 29.5. The Balaban J connectivity index is 1.06. The molecule has 0 N–H and O–H groups in total. The zero-order valence-corrected chi connectivity index (χ0v) is 43.8. The lowest BCUT2D eigenvalue weighted by molar-refractivity contribution is -0.142. The molecule has 9 nitrogen and oxygen atoms in total. The molecule has 0 aliphatic rings. The quantitative estimate of drug-likeness (QED) is 0.132. The summed E-state index contributed by atoms with van der Waals surface area (Å²) >= 11 is 0. The average Bonchev–Trinajstić information content (AvgIpc) is 2.64. The zero-order valence-electron chi connectivity index (χ0n) is 43.8. The first-order valence-corrected chi connectivity index (χ1v) is 26.6. The fraction of sp³-hybridized carbons (Fsp3) is 0.0290. The van der Waals surface area contributed by atoms with Crippen LogP contribution in [0.2, 0.25) is 0 Å². The van der Waals surface area contributed by atoms with Crippen molar-refractivity contribution in [1.29, 1.82) is 5.26 Å². The van der Waals surface area contributed by atoms with E-state index in [0.29, 0.717) is 107 Å². The van der Waals surface area contributed by atoms with E-state index >= 15 is 26.3 Å². The van der Waals surface area contributed by atoms with Crippen molar-refractivity contribution < 1.29 is 26.3 Å². The molecule has 4 heterocycles. The minimum Gasteiger partial charge on any atom is -0.309 e. The Hall–Kier alpha value is -11.1. The van der Waals surface area contributed by atoms with Crippen molar-refractivity contribution >= 4 is 43.6 Å². The fourth-order valence-corrected chi connectivity index (χ4v) is 11.2. The molecule has 402 valence electrons. The van der Waals surface area contributed by atoms with Gasteiger partial charge in [-0.3, -0.25) is 0 Å². The third-order valence-corrected chi connectivity index (χ3v) is 14.9. The summed E-state index contributed by atoms with van der Waals surface area (Å²) < 4.78 is 98.0. The molecule has 0 radical (unpaired) electrons. The molecule has 0 fully saturated rings. The van der Waals surface area contributed by atoms with Crippen molar-refractivity contribution in [1.82, 2.24) is 39.0 Å². The van der Waals surface area contributed by atoms with Gasteiger partial charge in [-0.2, -0.15) is 31.6 Å². The molecule has 10 aromatic carbocycles. The summed E-state index contributed by atoms with van der Waals surface area (Å²) in [5, 5.41) is 14.1. The molecule has 14 aromatic rings. The summed E-state index contributed by atoms with van der Waals surface area (Å²) in [6.45, 7) is 0. The number of hydrogen-bond acceptors (Lipinski definition) is 7. The normalized spacial score (nSPS) is 11.9. The largest absolute Gasteiger partial charge is 0.417 e. The fourth-order valence-electron chi connectivity index (χ4n) is 11.2. The second-order valence-corrected chi connectivity index (χ2v) is 20.0. The van der Waals surface area contributed by atoms with Crippen LogP contribution in [0, 0.1) is 11.3 Å². The van der Waals surface area contributed by atoms with Gasteiger partial charge >= 0.3 is 12.4 Å². The van der Waals surface area contributed by atoms with Gasteiger partial charge < -0.3 is 9.13 Å². The molecule has 0 saturated heterocycles. The number of benzene rings is 10. The second-order valence-electron chi connectivity index (χ2n) is 20.0. The first-order chi connectivity index (χ1) is 40.9. The van der Waals surface area contributed by atoms with E-state index in [1.807, 2.05) is 170 Å². The molecule has 15 heteroatoms. The highest BCUT2D eigenvalue weighted by Gasteiger charge is 2.42. The third-order valence-electron chi connectivity index (χ3n) is 14.9. The number of fused-ring (bicyclic) bond motifs is 6. The van der Waals surface area contributed by atoms with E-state index in [9.17, 15) is 5.26 Å². The highest BCUT2D eigenvalue weighted by Crippen LogP contribution is 2.49. The molecule has 0 unspecified atom stereocenters. The average molecular weight is 1110 g/mol.